The number of nitrogens with two attached hydrogens (primary N) is 1. The molecule has 3 N–H and O–H groups in total. The van der Waals surface area contributed by atoms with Crippen molar-refractivity contribution in [2.45, 2.75) is 46.5 Å². The summed E-state index contributed by atoms with van der Waals surface area (Å²) >= 11 is 3.13. The first-order chi connectivity index (χ1) is 8.85. The second-order valence-corrected chi connectivity index (χ2v) is 6.68. The van der Waals surface area contributed by atoms with Crippen LogP contribution < -0.4 is 11.1 Å². The molecule has 0 aliphatic heterocycles. The molecule has 0 amide bonds. The van der Waals surface area contributed by atoms with Gasteiger partial charge in [0.15, 0.2) is 0 Å². The van der Waals surface area contributed by atoms with E-state index >= 15 is 0 Å². The van der Waals surface area contributed by atoms with Gasteiger partial charge in [-0.2, -0.15) is 0 Å². The molecule has 19 heavy (non-hydrogen) atoms. The minimum Gasteiger partial charge on any atom is -0.397 e. The van der Waals surface area contributed by atoms with Crippen LogP contribution in [0.2, 0.25) is 0 Å². The van der Waals surface area contributed by atoms with Gasteiger partial charge in [0, 0.05) is 12.6 Å². The second-order valence-electron chi connectivity index (χ2n) is 5.83. The standard InChI is InChI=1S/C15H24BrFN2/c1-4-5-6-7-15(2,3)10-19-14-9-12(17)11(16)8-13(14)18/h8-9,19H,4-7,10,18H2,1-3H3. The van der Waals surface area contributed by atoms with E-state index in [-0.39, 0.29) is 11.2 Å². The molecule has 1 aromatic rings. The molecule has 0 heterocycles. The number of benzene rings is 1. The van der Waals surface area contributed by atoms with Crippen molar-refractivity contribution in [1.29, 1.82) is 0 Å². The van der Waals surface area contributed by atoms with Crippen LogP contribution >= 0.6 is 15.9 Å². The molecule has 0 unspecified atom stereocenters. The van der Waals surface area contributed by atoms with Gasteiger partial charge in [0.05, 0.1) is 15.8 Å². The van der Waals surface area contributed by atoms with Gasteiger partial charge in [-0.3, -0.25) is 0 Å². The van der Waals surface area contributed by atoms with Crippen molar-refractivity contribution in [3.63, 3.8) is 0 Å². The number of nitrogen functional groups attached to an aromatic ring is 1. The van der Waals surface area contributed by atoms with Gasteiger partial charge in [0.1, 0.15) is 5.82 Å². The molecule has 1 rings (SSSR count). The molecule has 108 valence electrons. The van der Waals surface area contributed by atoms with E-state index in [0.717, 1.165) is 13.0 Å². The van der Waals surface area contributed by atoms with Crippen molar-refractivity contribution in [2.24, 2.45) is 5.41 Å². The Labute approximate surface area is 124 Å². The Balaban J connectivity index is 2.58. The lowest BCUT2D eigenvalue weighted by Crippen LogP contribution is -2.23. The maximum atomic E-state index is 13.5. The molecular formula is C15H24BrFN2. The quantitative estimate of drug-likeness (QED) is 0.533. The lowest BCUT2D eigenvalue weighted by molar-refractivity contribution is 0.342. The normalized spacial score (nSPS) is 11.6. The number of rotatable bonds is 7. The first kappa shape index (κ1) is 16.3. The molecule has 0 atom stereocenters. The van der Waals surface area contributed by atoms with Crippen molar-refractivity contribution in [3.8, 4) is 0 Å². The Hall–Kier alpha value is -0.770. The molecule has 0 saturated carbocycles. The smallest absolute Gasteiger partial charge is 0.139 e. The molecule has 0 aliphatic rings. The van der Waals surface area contributed by atoms with Crippen molar-refractivity contribution in [3.05, 3.63) is 22.4 Å². The van der Waals surface area contributed by atoms with Gasteiger partial charge in [-0.1, -0.05) is 40.0 Å². The molecule has 1 aromatic carbocycles. The van der Waals surface area contributed by atoms with Crippen LogP contribution in [0.4, 0.5) is 15.8 Å². The van der Waals surface area contributed by atoms with Crippen LogP contribution in [-0.4, -0.2) is 6.54 Å². The molecule has 2 nitrogen and oxygen atoms in total. The van der Waals surface area contributed by atoms with E-state index in [4.69, 9.17) is 5.73 Å². The molecule has 0 radical (unpaired) electrons. The van der Waals surface area contributed by atoms with Crippen LogP contribution in [0.15, 0.2) is 16.6 Å². The Morgan fingerprint density at radius 3 is 2.63 bits per heavy atom. The highest BCUT2D eigenvalue weighted by molar-refractivity contribution is 9.10. The zero-order valence-corrected chi connectivity index (χ0v) is 13.6. The van der Waals surface area contributed by atoms with Gasteiger partial charge in [-0.25, -0.2) is 4.39 Å². The highest BCUT2D eigenvalue weighted by atomic mass is 79.9. The molecule has 0 bridgehead atoms. The fourth-order valence-corrected chi connectivity index (χ4v) is 2.35. The molecule has 0 fully saturated rings. The first-order valence-corrected chi connectivity index (χ1v) is 7.63. The summed E-state index contributed by atoms with van der Waals surface area (Å²) in [7, 11) is 0. The third-order valence-electron chi connectivity index (χ3n) is 3.31. The van der Waals surface area contributed by atoms with Crippen molar-refractivity contribution in [2.75, 3.05) is 17.6 Å². The third kappa shape index (κ3) is 5.39. The van der Waals surface area contributed by atoms with Gasteiger partial charge in [-0.05, 0) is 33.8 Å². The first-order valence-electron chi connectivity index (χ1n) is 6.84. The topological polar surface area (TPSA) is 38.0 Å². The van der Waals surface area contributed by atoms with Crippen LogP contribution in [0.25, 0.3) is 0 Å². The van der Waals surface area contributed by atoms with E-state index in [1.807, 2.05) is 0 Å². The predicted molar refractivity (Wildman–Crippen MR) is 84.9 cm³/mol. The highest BCUT2D eigenvalue weighted by Crippen LogP contribution is 2.29. The number of hydrogen-bond donors (Lipinski definition) is 2. The van der Waals surface area contributed by atoms with Gasteiger partial charge >= 0.3 is 0 Å². The van der Waals surface area contributed by atoms with Crippen LogP contribution in [0.3, 0.4) is 0 Å². The van der Waals surface area contributed by atoms with E-state index < -0.39 is 0 Å². The monoisotopic (exact) mass is 330 g/mol. The van der Waals surface area contributed by atoms with Gasteiger partial charge < -0.3 is 11.1 Å². The van der Waals surface area contributed by atoms with E-state index in [1.54, 1.807) is 6.07 Å². The number of anilines is 2. The minimum absolute atomic E-state index is 0.186. The zero-order valence-electron chi connectivity index (χ0n) is 12.0. The number of nitrogens with one attached hydrogen (secondary N) is 1. The summed E-state index contributed by atoms with van der Waals surface area (Å²) in [6, 6.07) is 3.04. The summed E-state index contributed by atoms with van der Waals surface area (Å²) in [6.45, 7) is 7.45. The van der Waals surface area contributed by atoms with E-state index in [9.17, 15) is 4.39 Å². The molecular weight excluding hydrogens is 307 g/mol. The summed E-state index contributed by atoms with van der Waals surface area (Å²) < 4.78 is 13.9. The van der Waals surface area contributed by atoms with Gasteiger partial charge in [0.25, 0.3) is 0 Å². The van der Waals surface area contributed by atoms with Crippen LogP contribution in [0.5, 0.6) is 0 Å². The lowest BCUT2D eigenvalue weighted by atomic mass is 9.87. The summed E-state index contributed by atoms with van der Waals surface area (Å²) in [5, 5.41) is 3.26. The Morgan fingerprint density at radius 2 is 2.00 bits per heavy atom. The van der Waals surface area contributed by atoms with Gasteiger partial charge in [0.2, 0.25) is 0 Å². The highest BCUT2D eigenvalue weighted by Gasteiger charge is 2.17. The van der Waals surface area contributed by atoms with Gasteiger partial charge in [-0.15, -0.1) is 0 Å². The number of unbranched alkanes of at least 4 members (excludes halogenated alkanes) is 2. The third-order valence-corrected chi connectivity index (χ3v) is 3.91. The fourth-order valence-electron chi connectivity index (χ4n) is 1.99. The molecule has 0 spiro atoms. The summed E-state index contributed by atoms with van der Waals surface area (Å²) in [4.78, 5) is 0. The Kier molecular flexibility index (Phi) is 6.11. The van der Waals surface area contributed by atoms with Crippen LogP contribution in [0.1, 0.15) is 46.5 Å². The summed E-state index contributed by atoms with van der Waals surface area (Å²) in [5.74, 6) is -0.291. The van der Waals surface area contributed by atoms with Crippen LogP contribution in [-0.2, 0) is 0 Å². The van der Waals surface area contributed by atoms with E-state index in [2.05, 4.69) is 42.0 Å². The molecule has 0 aromatic heterocycles. The number of halogens is 2. The molecule has 0 aliphatic carbocycles. The lowest BCUT2D eigenvalue weighted by Gasteiger charge is -2.26. The number of hydrogen-bond acceptors (Lipinski definition) is 2. The predicted octanol–water partition coefficient (Wildman–Crippen LogP) is 5.19. The van der Waals surface area contributed by atoms with Crippen molar-refractivity contribution in [1.82, 2.24) is 0 Å². The van der Waals surface area contributed by atoms with Crippen LogP contribution in [0, 0.1) is 11.2 Å². The fraction of sp³-hybridized carbons (Fsp3) is 0.600. The average Bonchev–Trinajstić information content (AvgIpc) is 2.32. The summed E-state index contributed by atoms with van der Waals surface area (Å²) in [6.07, 6.45) is 4.88. The largest absolute Gasteiger partial charge is 0.397 e. The zero-order chi connectivity index (χ0) is 14.5. The van der Waals surface area contributed by atoms with E-state index in [0.29, 0.717) is 15.8 Å². The SMILES string of the molecule is CCCCCC(C)(C)CNc1cc(F)c(Br)cc1N. The molecule has 4 heteroatoms. The minimum atomic E-state index is -0.291. The van der Waals surface area contributed by atoms with Crippen molar-refractivity contribution < 1.29 is 4.39 Å². The van der Waals surface area contributed by atoms with E-state index in [1.165, 1.54) is 25.3 Å². The second kappa shape index (κ2) is 7.13. The maximum absolute atomic E-state index is 13.5. The summed E-state index contributed by atoms with van der Waals surface area (Å²) in [5.41, 5.74) is 7.31. The average molecular weight is 331 g/mol. The Morgan fingerprint density at radius 1 is 1.32 bits per heavy atom. The Bertz CT molecular complexity index is 419. The van der Waals surface area contributed by atoms with Crippen molar-refractivity contribution >= 4 is 27.3 Å². The molecule has 0 saturated heterocycles. The maximum Gasteiger partial charge on any atom is 0.139 e.